The third-order valence-electron chi connectivity index (χ3n) is 3.98. The number of amides is 1. The molecule has 128 valence electrons. The van der Waals surface area contributed by atoms with Gasteiger partial charge < -0.3 is 10.1 Å². The average molecular weight is 372 g/mol. The summed E-state index contributed by atoms with van der Waals surface area (Å²) in [6, 6.07) is 5.61. The zero-order chi connectivity index (χ0) is 17.8. The molecular weight excluding hydrogens is 356 g/mol. The first-order valence-corrected chi connectivity index (χ1v) is 9.53. The van der Waals surface area contributed by atoms with Crippen LogP contribution in [0.15, 0.2) is 23.1 Å². The van der Waals surface area contributed by atoms with Crippen molar-refractivity contribution in [2.45, 2.75) is 25.7 Å². The standard InChI is InChI=1S/C18H16N2O3S2/c1-23-18(22)15-13-6-2-3-7-14(13)25-17(15)20-16(21)11(10-19)9-12-5-4-8-24-12/h4-5,8-9H,2-3,6-7H2,1H3,(H,20,21)/b11-9+. The van der Waals surface area contributed by atoms with E-state index in [1.54, 1.807) is 6.08 Å². The molecule has 0 atom stereocenters. The summed E-state index contributed by atoms with van der Waals surface area (Å²) in [5.41, 5.74) is 1.41. The summed E-state index contributed by atoms with van der Waals surface area (Å²) in [6.45, 7) is 0. The summed E-state index contributed by atoms with van der Waals surface area (Å²) < 4.78 is 4.89. The van der Waals surface area contributed by atoms with Gasteiger partial charge in [0.2, 0.25) is 0 Å². The predicted octanol–water partition coefficient (Wildman–Crippen LogP) is 4.02. The van der Waals surface area contributed by atoms with E-state index in [-0.39, 0.29) is 5.57 Å². The van der Waals surface area contributed by atoms with E-state index in [0.29, 0.717) is 10.6 Å². The van der Waals surface area contributed by atoms with Crippen LogP contribution in [0.1, 0.15) is 38.5 Å². The zero-order valence-electron chi connectivity index (χ0n) is 13.6. The van der Waals surface area contributed by atoms with Gasteiger partial charge in [0.05, 0.1) is 12.7 Å². The number of methoxy groups -OCH3 is 1. The van der Waals surface area contributed by atoms with Crippen LogP contribution in [0.2, 0.25) is 0 Å². The third-order valence-corrected chi connectivity index (χ3v) is 6.01. The molecule has 2 heterocycles. The molecule has 0 aliphatic heterocycles. The molecule has 1 N–H and O–H groups in total. The number of anilines is 1. The highest BCUT2D eigenvalue weighted by Gasteiger charge is 2.27. The van der Waals surface area contributed by atoms with E-state index in [1.165, 1.54) is 29.8 Å². The SMILES string of the molecule is COC(=O)c1c(NC(=O)/C(C#N)=C/c2cccs2)sc2c1CCCC2. The second kappa shape index (κ2) is 7.64. The van der Waals surface area contributed by atoms with Crippen LogP contribution in [0, 0.1) is 11.3 Å². The van der Waals surface area contributed by atoms with Crippen molar-refractivity contribution in [2.24, 2.45) is 0 Å². The Morgan fingerprint density at radius 3 is 2.84 bits per heavy atom. The third kappa shape index (κ3) is 3.65. The molecule has 0 unspecified atom stereocenters. The van der Waals surface area contributed by atoms with Gasteiger partial charge in [-0.15, -0.1) is 22.7 Å². The van der Waals surface area contributed by atoms with Crippen molar-refractivity contribution in [1.29, 1.82) is 5.26 Å². The normalized spacial score (nSPS) is 13.7. The van der Waals surface area contributed by atoms with E-state index >= 15 is 0 Å². The Hall–Kier alpha value is -2.43. The summed E-state index contributed by atoms with van der Waals surface area (Å²) in [5.74, 6) is -0.963. The minimum absolute atomic E-state index is 0.00429. The lowest BCUT2D eigenvalue weighted by atomic mass is 9.95. The Bertz CT molecular complexity index is 873. The fourth-order valence-electron chi connectivity index (χ4n) is 2.81. The van der Waals surface area contributed by atoms with E-state index in [9.17, 15) is 14.9 Å². The molecule has 2 aromatic rings. The number of carbonyl (C=O) groups is 2. The van der Waals surface area contributed by atoms with Gasteiger partial charge in [0.1, 0.15) is 16.6 Å². The molecule has 7 heteroatoms. The average Bonchev–Trinajstić information content (AvgIpc) is 3.25. The van der Waals surface area contributed by atoms with Crippen LogP contribution in [-0.2, 0) is 22.4 Å². The smallest absolute Gasteiger partial charge is 0.341 e. The van der Waals surface area contributed by atoms with E-state index in [2.05, 4.69) is 5.32 Å². The molecule has 0 radical (unpaired) electrons. The number of esters is 1. The van der Waals surface area contributed by atoms with Crippen molar-refractivity contribution < 1.29 is 14.3 Å². The Morgan fingerprint density at radius 1 is 1.36 bits per heavy atom. The van der Waals surface area contributed by atoms with Crippen molar-refractivity contribution in [1.82, 2.24) is 0 Å². The first-order valence-electron chi connectivity index (χ1n) is 7.83. The minimum atomic E-state index is -0.514. The second-order valence-corrected chi connectivity index (χ2v) is 7.63. The molecule has 1 aliphatic rings. The van der Waals surface area contributed by atoms with Crippen LogP contribution in [0.25, 0.3) is 6.08 Å². The van der Waals surface area contributed by atoms with Crippen molar-refractivity contribution in [3.8, 4) is 6.07 Å². The van der Waals surface area contributed by atoms with Gasteiger partial charge in [-0.3, -0.25) is 4.79 Å². The molecule has 0 spiro atoms. The van der Waals surface area contributed by atoms with E-state index < -0.39 is 11.9 Å². The van der Waals surface area contributed by atoms with Gasteiger partial charge >= 0.3 is 5.97 Å². The number of nitriles is 1. The predicted molar refractivity (Wildman–Crippen MR) is 98.8 cm³/mol. The molecule has 3 rings (SSSR count). The lowest BCUT2D eigenvalue weighted by Gasteiger charge is -2.11. The van der Waals surface area contributed by atoms with Crippen LogP contribution in [0.3, 0.4) is 0 Å². The number of rotatable bonds is 4. The number of carbonyl (C=O) groups excluding carboxylic acids is 2. The first-order chi connectivity index (χ1) is 12.1. The zero-order valence-corrected chi connectivity index (χ0v) is 15.3. The summed E-state index contributed by atoms with van der Waals surface area (Å²) >= 11 is 2.85. The van der Waals surface area contributed by atoms with Gasteiger partial charge in [-0.05, 0) is 48.8 Å². The van der Waals surface area contributed by atoms with Crippen molar-refractivity contribution in [3.63, 3.8) is 0 Å². The maximum Gasteiger partial charge on any atom is 0.341 e. The molecule has 1 amide bonds. The number of thiophene rings is 2. The second-order valence-electron chi connectivity index (χ2n) is 5.55. The Balaban J connectivity index is 1.92. The largest absolute Gasteiger partial charge is 0.465 e. The topological polar surface area (TPSA) is 79.2 Å². The van der Waals surface area contributed by atoms with Gasteiger partial charge in [0, 0.05) is 9.75 Å². The molecule has 0 saturated heterocycles. The summed E-state index contributed by atoms with van der Waals surface area (Å²) in [5, 5.41) is 14.4. The highest BCUT2D eigenvalue weighted by Crippen LogP contribution is 2.38. The van der Waals surface area contributed by atoms with Crippen LogP contribution < -0.4 is 5.32 Å². The summed E-state index contributed by atoms with van der Waals surface area (Å²) in [7, 11) is 1.33. The van der Waals surface area contributed by atoms with Gasteiger partial charge in [0.25, 0.3) is 5.91 Å². The monoisotopic (exact) mass is 372 g/mol. The fourth-order valence-corrected chi connectivity index (χ4v) is 4.74. The van der Waals surface area contributed by atoms with E-state index in [4.69, 9.17) is 4.74 Å². The van der Waals surface area contributed by atoms with Crippen molar-refractivity contribution >= 4 is 45.6 Å². The molecule has 1 aliphatic carbocycles. The van der Waals surface area contributed by atoms with Crippen LogP contribution in [-0.4, -0.2) is 19.0 Å². The number of hydrogen-bond donors (Lipinski definition) is 1. The number of fused-ring (bicyclic) bond motifs is 1. The Labute approximate surface area is 153 Å². The van der Waals surface area contributed by atoms with E-state index in [0.717, 1.165) is 41.0 Å². The van der Waals surface area contributed by atoms with Gasteiger partial charge in [-0.2, -0.15) is 5.26 Å². The van der Waals surface area contributed by atoms with Crippen molar-refractivity contribution in [3.05, 3.63) is 44.0 Å². The number of nitrogens with one attached hydrogen (secondary N) is 1. The van der Waals surface area contributed by atoms with Gasteiger partial charge in [0.15, 0.2) is 0 Å². The minimum Gasteiger partial charge on any atom is -0.465 e. The molecule has 0 aromatic carbocycles. The van der Waals surface area contributed by atoms with Crippen LogP contribution in [0.5, 0.6) is 0 Å². The summed E-state index contributed by atoms with van der Waals surface area (Å²) in [6.07, 6.45) is 5.34. The number of hydrogen-bond acceptors (Lipinski definition) is 6. The highest BCUT2D eigenvalue weighted by atomic mass is 32.1. The molecule has 2 aromatic heterocycles. The van der Waals surface area contributed by atoms with Gasteiger partial charge in [-0.25, -0.2) is 4.79 Å². The number of ether oxygens (including phenoxy) is 1. The Kier molecular flexibility index (Phi) is 5.31. The number of nitrogens with zero attached hydrogens (tertiary/aromatic N) is 1. The number of aryl methyl sites for hydroxylation is 1. The maximum absolute atomic E-state index is 12.5. The molecule has 25 heavy (non-hydrogen) atoms. The van der Waals surface area contributed by atoms with E-state index in [1.807, 2.05) is 23.6 Å². The van der Waals surface area contributed by atoms with Crippen molar-refractivity contribution in [2.75, 3.05) is 12.4 Å². The highest BCUT2D eigenvalue weighted by molar-refractivity contribution is 7.17. The molecular formula is C18H16N2O3S2. The lowest BCUT2D eigenvalue weighted by Crippen LogP contribution is -2.16. The molecule has 0 fully saturated rings. The molecule has 5 nitrogen and oxygen atoms in total. The Morgan fingerprint density at radius 2 is 2.16 bits per heavy atom. The quantitative estimate of drug-likeness (QED) is 0.499. The first kappa shape index (κ1) is 17.4. The lowest BCUT2D eigenvalue weighted by molar-refractivity contribution is -0.112. The molecule has 0 saturated carbocycles. The van der Waals surface area contributed by atoms with Gasteiger partial charge in [-0.1, -0.05) is 6.07 Å². The van der Waals surface area contributed by atoms with Crippen LogP contribution in [0.4, 0.5) is 5.00 Å². The van der Waals surface area contributed by atoms with Crippen LogP contribution >= 0.6 is 22.7 Å². The maximum atomic E-state index is 12.5. The fraction of sp³-hybridized carbons (Fsp3) is 0.278. The summed E-state index contributed by atoms with van der Waals surface area (Å²) in [4.78, 5) is 26.6. The molecule has 0 bridgehead atoms.